The Balaban J connectivity index is 1.92. The molecule has 0 bridgehead atoms. The van der Waals surface area contributed by atoms with Crippen molar-refractivity contribution in [3.05, 3.63) is 47.4 Å². The van der Waals surface area contributed by atoms with E-state index in [1.807, 2.05) is 13.8 Å². The van der Waals surface area contributed by atoms with Gasteiger partial charge in [-0.3, -0.25) is 9.89 Å². The molecule has 0 saturated carbocycles. The molecule has 1 amide bonds. The van der Waals surface area contributed by atoms with E-state index in [4.69, 9.17) is 0 Å². The van der Waals surface area contributed by atoms with E-state index in [0.29, 0.717) is 10.7 Å². The molecule has 0 spiro atoms. The first-order valence-electron chi connectivity index (χ1n) is 7.10. The van der Waals surface area contributed by atoms with Gasteiger partial charge in [0, 0.05) is 17.0 Å². The van der Waals surface area contributed by atoms with Crippen LogP contribution in [0.4, 0.5) is 4.39 Å². The van der Waals surface area contributed by atoms with Gasteiger partial charge in [-0.2, -0.15) is 5.10 Å². The van der Waals surface area contributed by atoms with E-state index >= 15 is 0 Å². The van der Waals surface area contributed by atoms with Crippen molar-refractivity contribution in [1.82, 2.24) is 20.5 Å². The Hall–Kier alpha value is -2.54. The normalized spacial score (nSPS) is 11.0. The molecule has 3 rings (SSSR count). The van der Waals surface area contributed by atoms with Crippen LogP contribution in [0.5, 0.6) is 0 Å². The smallest absolute Gasteiger partial charge is 0.270 e. The Bertz CT molecular complexity index is 823. The molecule has 5 nitrogen and oxygen atoms in total. The standard InChI is InChI=1S/C16H15FN4OS/c1-9(2)19-15(22)13-8-23-16(20-13)12-7-18-21-14(12)10-3-5-11(17)6-4-10/h3-9H,1-2H3,(H,18,21)(H,19,22). The summed E-state index contributed by atoms with van der Waals surface area (Å²) >= 11 is 1.37. The molecule has 2 heterocycles. The zero-order chi connectivity index (χ0) is 16.4. The van der Waals surface area contributed by atoms with Gasteiger partial charge >= 0.3 is 0 Å². The number of thiazole rings is 1. The number of aromatic amines is 1. The molecule has 0 saturated heterocycles. The second kappa shape index (κ2) is 6.29. The number of benzene rings is 1. The summed E-state index contributed by atoms with van der Waals surface area (Å²) in [6.45, 7) is 3.79. The van der Waals surface area contributed by atoms with Gasteiger partial charge in [0.05, 0.1) is 17.5 Å². The highest BCUT2D eigenvalue weighted by Crippen LogP contribution is 2.32. The molecule has 7 heteroatoms. The zero-order valence-electron chi connectivity index (χ0n) is 12.6. The molecule has 0 fully saturated rings. The van der Waals surface area contributed by atoms with Crippen LogP contribution in [-0.2, 0) is 0 Å². The fourth-order valence-electron chi connectivity index (χ4n) is 2.12. The lowest BCUT2D eigenvalue weighted by molar-refractivity contribution is 0.0939. The monoisotopic (exact) mass is 330 g/mol. The number of nitrogens with one attached hydrogen (secondary N) is 2. The molecule has 118 valence electrons. The number of halogens is 1. The quantitative estimate of drug-likeness (QED) is 0.769. The number of aromatic nitrogens is 3. The maximum absolute atomic E-state index is 13.1. The molecule has 2 aromatic heterocycles. The van der Waals surface area contributed by atoms with Crippen LogP contribution in [0.2, 0.25) is 0 Å². The highest BCUT2D eigenvalue weighted by Gasteiger charge is 2.16. The van der Waals surface area contributed by atoms with Gasteiger partial charge in [-0.1, -0.05) is 0 Å². The minimum Gasteiger partial charge on any atom is -0.349 e. The van der Waals surface area contributed by atoms with E-state index in [1.165, 1.54) is 23.5 Å². The number of hydrogen-bond donors (Lipinski definition) is 2. The Kier molecular flexibility index (Phi) is 4.20. The lowest BCUT2D eigenvalue weighted by atomic mass is 10.1. The van der Waals surface area contributed by atoms with Crippen molar-refractivity contribution in [2.45, 2.75) is 19.9 Å². The first kappa shape index (κ1) is 15.4. The predicted octanol–water partition coefficient (Wildman–Crippen LogP) is 3.48. The highest BCUT2D eigenvalue weighted by atomic mass is 32.1. The Morgan fingerprint density at radius 3 is 2.74 bits per heavy atom. The average molecular weight is 330 g/mol. The van der Waals surface area contributed by atoms with Crippen molar-refractivity contribution >= 4 is 17.2 Å². The van der Waals surface area contributed by atoms with Crippen LogP contribution in [-0.4, -0.2) is 27.1 Å². The molecular weight excluding hydrogens is 315 g/mol. The zero-order valence-corrected chi connectivity index (χ0v) is 13.4. The van der Waals surface area contributed by atoms with Crippen LogP contribution in [0, 0.1) is 5.82 Å². The van der Waals surface area contributed by atoms with Crippen LogP contribution in [0.3, 0.4) is 0 Å². The number of amides is 1. The Labute approximate surface area is 136 Å². The minimum atomic E-state index is -0.295. The molecule has 0 radical (unpaired) electrons. The number of H-pyrrole nitrogens is 1. The van der Waals surface area contributed by atoms with Gasteiger partial charge in [0.25, 0.3) is 5.91 Å². The summed E-state index contributed by atoms with van der Waals surface area (Å²) in [4.78, 5) is 16.4. The Morgan fingerprint density at radius 1 is 1.30 bits per heavy atom. The van der Waals surface area contributed by atoms with Crippen molar-refractivity contribution in [2.75, 3.05) is 0 Å². The van der Waals surface area contributed by atoms with Crippen molar-refractivity contribution in [1.29, 1.82) is 0 Å². The third kappa shape index (κ3) is 3.29. The molecule has 23 heavy (non-hydrogen) atoms. The molecule has 0 aliphatic rings. The summed E-state index contributed by atoms with van der Waals surface area (Å²) in [6.07, 6.45) is 1.65. The second-order valence-electron chi connectivity index (χ2n) is 5.33. The van der Waals surface area contributed by atoms with Crippen LogP contribution < -0.4 is 5.32 Å². The summed E-state index contributed by atoms with van der Waals surface area (Å²) in [5.41, 5.74) is 2.72. The van der Waals surface area contributed by atoms with Crippen molar-refractivity contribution in [3.8, 4) is 21.8 Å². The molecule has 1 aromatic carbocycles. The number of nitrogens with zero attached hydrogens (tertiary/aromatic N) is 2. The maximum Gasteiger partial charge on any atom is 0.270 e. The fourth-order valence-corrected chi connectivity index (χ4v) is 2.94. The van der Waals surface area contributed by atoms with E-state index in [-0.39, 0.29) is 17.8 Å². The highest BCUT2D eigenvalue weighted by molar-refractivity contribution is 7.13. The number of carbonyl (C=O) groups is 1. The van der Waals surface area contributed by atoms with Gasteiger partial charge < -0.3 is 5.32 Å². The lowest BCUT2D eigenvalue weighted by Crippen LogP contribution is -2.30. The molecule has 0 aliphatic heterocycles. The van der Waals surface area contributed by atoms with Gasteiger partial charge in [0.2, 0.25) is 0 Å². The van der Waals surface area contributed by atoms with Gasteiger partial charge in [0.1, 0.15) is 16.5 Å². The van der Waals surface area contributed by atoms with Crippen LogP contribution in [0.15, 0.2) is 35.8 Å². The van der Waals surface area contributed by atoms with Gasteiger partial charge in [-0.05, 0) is 38.1 Å². The van der Waals surface area contributed by atoms with E-state index in [1.54, 1.807) is 23.7 Å². The first-order valence-corrected chi connectivity index (χ1v) is 7.98. The van der Waals surface area contributed by atoms with Gasteiger partial charge in [0.15, 0.2) is 0 Å². The van der Waals surface area contributed by atoms with Crippen LogP contribution in [0.1, 0.15) is 24.3 Å². The van der Waals surface area contributed by atoms with Crippen molar-refractivity contribution in [3.63, 3.8) is 0 Å². The van der Waals surface area contributed by atoms with E-state index in [9.17, 15) is 9.18 Å². The molecule has 0 atom stereocenters. The summed E-state index contributed by atoms with van der Waals surface area (Å²) in [5.74, 6) is -0.494. The topological polar surface area (TPSA) is 70.7 Å². The van der Waals surface area contributed by atoms with Crippen LogP contribution in [0.25, 0.3) is 21.8 Å². The SMILES string of the molecule is CC(C)NC(=O)c1csc(-c2cn[nH]c2-c2ccc(F)cc2)n1. The second-order valence-corrected chi connectivity index (χ2v) is 6.19. The number of rotatable bonds is 4. The maximum atomic E-state index is 13.1. The third-order valence-corrected chi connectivity index (χ3v) is 4.03. The summed E-state index contributed by atoms with van der Waals surface area (Å²) < 4.78 is 13.1. The molecule has 0 aliphatic carbocycles. The summed E-state index contributed by atoms with van der Waals surface area (Å²) in [6, 6.07) is 6.18. The van der Waals surface area contributed by atoms with Crippen molar-refractivity contribution < 1.29 is 9.18 Å². The third-order valence-electron chi connectivity index (χ3n) is 3.16. The molecular formula is C16H15FN4OS. The predicted molar refractivity (Wildman–Crippen MR) is 87.7 cm³/mol. The number of hydrogen-bond acceptors (Lipinski definition) is 4. The van der Waals surface area contributed by atoms with E-state index in [2.05, 4.69) is 20.5 Å². The van der Waals surface area contributed by atoms with E-state index < -0.39 is 0 Å². The average Bonchev–Trinajstić information content (AvgIpc) is 3.16. The first-order chi connectivity index (χ1) is 11.0. The Morgan fingerprint density at radius 2 is 2.04 bits per heavy atom. The van der Waals surface area contributed by atoms with E-state index in [0.717, 1.165) is 16.8 Å². The molecule has 2 N–H and O–H groups in total. The van der Waals surface area contributed by atoms with Crippen molar-refractivity contribution in [2.24, 2.45) is 0 Å². The lowest BCUT2D eigenvalue weighted by Gasteiger charge is -2.05. The van der Waals surface area contributed by atoms with Gasteiger partial charge in [-0.25, -0.2) is 9.37 Å². The molecule has 0 unspecified atom stereocenters. The summed E-state index contributed by atoms with van der Waals surface area (Å²) in [7, 11) is 0. The van der Waals surface area contributed by atoms with Crippen LogP contribution >= 0.6 is 11.3 Å². The van der Waals surface area contributed by atoms with Gasteiger partial charge in [-0.15, -0.1) is 11.3 Å². The number of carbonyl (C=O) groups excluding carboxylic acids is 1. The summed E-state index contributed by atoms with van der Waals surface area (Å²) in [5, 5.41) is 12.2. The largest absolute Gasteiger partial charge is 0.349 e. The minimum absolute atomic E-state index is 0.0522. The fraction of sp³-hybridized carbons (Fsp3) is 0.188. The molecule has 3 aromatic rings.